The number of halogens is 2. The predicted molar refractivity (Wildman–Crippen MR) is 266 cm³/mol. The van der Waals surface area contributed by atoms with Crippen molar-refractivity contribution >= 4 is 81.0 Å². The zero-order valence-corrected chi connectivity index (χ0v) is 41.1. The Kier molecular flexibility index (Phi) is 18.2. The van der Waals surface area contributed by atoms with Gasteiger partial charge in [0.15, 0.2) is 0 Å². The fourth-order valence-electron chi connectivity index (χ4n) is 9.20. The summed E-state index contributed by atoms with van der Waals surface area (Å²) >= 11 is 7.58. The molecule has 0 radical (unpaired) electrons. The molecule has 0 spiro atoms. The van der Waals surface area contributed by atoms with E-state index in [0.29, 0.717) is 117 Å². The fraction of sp³-hybridized carbons (Fsp3) is 0.460. The van der Waals surface area contributed by atoms with E-state index in [1.807, 2.05) is 17.0 Å². The van der Waals surface area contributed by atoms with E-state index in [9.17, 15) is 28.4 Å². The summed E-state index contributed by atoms with van der Waals surface area (Å²) < 4.78 is 37.0. The van der Waals surface area contributed by atoms with Crippen LogP contribution < -0.4 is 20.7 Å². The van der Waals surface area contributed by atoms with Gasteiger partial charge in [-0.1, -0.05) is 24.2 Å². The van der Waals surface area contributed by atoms with Crippen LogP contribution in [0.15, 0.2) is 72.4 Å². The number of hydrogen-bond acceptors (Lipinski definition) is 15. The molecule has 0 bridgehead atoms. The first-order valence-electron chi connectivity index (χ1n) is 24.0. The summed E-state index contributed by atoms with van der Waals surface area (Å²) in [4.78, 5) is 80.5. The number of benzene rings is 3. The van der Waals surface area contributed by atoms with Crippen LogP contribution in [0.25, 0.3) is 10.9 Å². The first-order chi connectivity index (χ1) is 34.5. The third-order valence-corrected chi connectivity index (χ3v) is 14.3. The van der Waals surface area contributed by atoms with Crippen molar-refractivity contribution in [2.24, 2.45) is 0 Å². The number of nitrogens with one attached hydrogen (secondary N) is 3. The number of carbonyl (C=O) groups excluding carboxylic acids is 5. The van der Waals surface area contributed by atoms with Crippen LogP contribution in [0.3, 0.4) is 0 Å². The molecule has 4 aliphatic heterocycles. The highest BCUT2D eigenvalue weighted by atomic mass is 35.5. The number of likely N-dealkylation sites (tertiary alicyclic amines) is 1. The minimum Gasteiger partial charge on any atom is -0.491 e. The maximum Gasteiger partial charge on any atom is 0.255 e. The van der Waals surface area contributed by atoms with Gasteiger partial charge in [0.1, 0.15) is 36.4 Å². The molecule has 3 N–H and O–H groups in total. The van der Waals surface area contributed by atoms with Crippen molar-refractivity contribution in [1.29, 1.82) is 0 Å². The molecule has 1 atom stereocenters. The van der Waals surface area contributed by atoms with Crippen LogP contribution in [0.1, 0.15) is 48.0 Å². The smallest absolute Gasteiger partial charge is 0.255 e. The maximum atomic E-state index is 13.8. The second kappa shape index (κ2) is 25.1. The summed E-state index contributed by atoms with van der Waals surface area (Å²) in [6.07, 6.45) is 6.04. The molecule has 8 rings (SSSR count). The fourth-order valence-corrected chi connectivity index (χ4v) is 10.3. The second-order valence-electron chi connectivity index (χ2n) is 17.5. The van der Waals surface area contributed by atoms with E-state index in [4.69, 9.17) is 30.5 Å². The first kappa shape index (κ1) is 51.6. The number of thioether (sulfide) groups is 1. The average molecular weight is 1020 g/mol. The van der Waals surface area contributed by atoms with E-state index in [-0.39, 0.29) is 35.8 Å². The van der Waals surface area contributed by atoms with E-state index in [1.165, 1.54) is 24.5 Å². The zero-order chi connectivity index (χ0) is 49.7. The Morgan fingerprint density at radius 1 is 0.915 bits per heavy atom. The second-order valence-corrected chi connectivity index (χ2v) is 19.1. The van der Waals surface area contributed by atoms with Crippen molar-refractivity contribution in [3.63, 3.8) is 0 Å². The van der Waals surface area contributed by atoms with E-state index < -0.39 is 23.7 Å². The predicted octanol–water partition coefficient (Wildman–Crippen LogP) is 5.27. The quantitative estimate of drug-likeness (QED) is 0.0376. The monoisotopic (exact) mass is 1020 g/mol. The molecule has 0 saturated carbocycles. The van der Waals surface area contributed by atoms with Crippen LogP contribution in [0, 0.1) is 5.82 Å². The van der Waals surface area contributed by atoms with Gasteiger partial charge in [-0.2, -0.15) is 0 Å². The maximum absolute atomic E-state index is 13.8. The topological polar surface area (TPSA) is 197 Å². The van der Waals surface area contributed by atoms with Crippen molar-refractivity contribution in [2.45, 2.75) is 55.6 Å². The number of fused-ring (bicyclic) bond motifs is 2. The summed E-state index contributed by atoms with van der Waals surface area (Å²) in [6.45, 7) is 12.2. The molecular formula is C50H59ClFN9O9S. The molecule has 1 unspecified atom stereocenters. The highest BCUT2D eigenvalue weighted by Crippen LogP contribution is 2.36. The van der Waals surface area contributed by atoms with Gasteiger partial charge in [0.25, 0.3) is 5.91 Å². The van der Waals surface area contributed by atoms with Crippen LogP contribution >= 0.6 is 23.4 Å². The number of imide groups is 1. The summed E-state index contributed by atoms with van der Waals surface area (Å²) in [7, 11) is 0. The number of amides is 5. The van der Waals surface area contributed by atoms with Gasteiger partial charge in [0.05, 0.1) is 55.9 Å². The summed E-state index contributed by atoms with van der Waals surface area (Å²) in [5.41, 5.74) is 3.07. The Morgan fingerprint density at radius 2 is 1.69 bits per heavy atom. The van der Waals surface area contributed by atoms with Gasteiger partial charge in [0.2, 0.25) is 23.6 Å². The molecule has 3 aromatic carbocycles. The van der Waals surface area contributed by atoms with Crippen molar-refractivity contribution in [2.75, 3.05) is 108 Å². The highest BCUT2D eigenvalue weighted by molar-refractivity contribution is 7.99. The van der Waals surface area contributed by atoms with Gasteiger partial charge < -0.3 is 44.3 Å². The molecule has 3 saturated heterocycles. The third kappa shape index (κ3) is 13.6. The lowest BCUT2D eigenvalue weighted by molar-refractivity contribution is -0.139. The highest BCUT2D eigenvalue weighted by Gasteiger charge is 2.40. The lowest BCUT2D eigenvalue weighted by Crippen LogP contribution is -2.54. The summed E-state index contributed by atoms with van der Waals surface area (Å²) in [5.74, 6) is -0.250. The third-order valence-electron chi connectivity index (χ3n) is 13.0. The minimum atomic E-state index is -0.642. The van der Waals surface area contributed by atoms with Crippen molar-refractivity contribution in [3.05, 3.63) is 89.5 Å². The molecule has 21 heteroatoms. The van der Waals surface area contributed by atoms with Gasteiger partial charge in [-0.3, -0.25) is 34.2 Å². The molecular weight excluding hydrogens is 957 g/mol. The minimum absolute atomic E-state index is 0.0128. The van der Waals surface area contributed by atoms with Crippen LogP contribution in [0.2, 0.25) is 5.02 Å². The van der Waals surface area contributed by atoms with Crippen LogP contribution in [-0.2, 0) is 39.9 Å². The first-order valence-corrected chi connectivity index (χ1v) is 25.3. The van der Waals surface area contributed by atoms with Crippen molar-refractivity contribution in [1.82, 2.24) is 34.9 Å². The van der Waals surface area contributed by atoms with Gasteiger partial charge in [-0.05, 0) is 86.8 Å². The average Bonchev–Trinajstić information content (AvgIpc) is 3.71. The number of aromatic nitrogens is 2. The molecule has 4 aliphatic rings. The van der Waals surface area contributed by atoms with E-state index in [2.05, 4.69) is 42.3 Å². The molecule has 1 aromatic heterocycles. The Balaban J connectivity index is 0.658. The van der Waals surface area contributed by atoms with E-state index in [1.54, 1.807) is 40.9 Å². The SMILES string of the molecule is C=CC(=O)Nc1cc2c(Nc3ccc(F)c(Cl)c3)ncnc2cc1OCCCN1CCC(N2CCN(C(=O)COCCOCCOCCSc3cccc4c3CN(C3CCC(=O)NC3=O)C4=O)CC2)CC1. The number of nitrogens with zero attached hydrogens (tertiary/aromatic N) is 6. The molecule has 18 nitrogen and oxygen atoms in total. The number of piperidine rings is 2. The van der Waals surface area contributed by atoms with Gasteiger partial charge in [-0.15, -0.1) is 11.8 Å². The molecule has 5 heterocycles. The molecule has 4 aromatic rings. The lowest BCUT2D eigenvalue weighted by Gasteiger charge is -2.42. The molecule has 0 aliphatic carbocycles. The largest absolute Gasteiger partial charge is 0.491 e. The number of hydrogen-bond donors (Lipinski definition) is 3. The van der Waals surface area contributed by atoms with Gasteiger partial charge >= 0.3 is 0 Å². The van der Waals surface area contributed by atoms with Crippen molar-refractivity contribution < 1.29 is 47.3 Å². The van der Waals surface area contributed by atoms with Crippen molar-refractivity contribution in [3.8, 4) is 5.75 Å². The molecule has 378 valence electrons. The summed E-state index contributed by atoms with van der Waals surface area (Å²) in [6, 6.07) is 13.2. The molecule has 5 amide bonds. The van der Waals surface area contributed by atoms with E-state index >= 15 is 0 Å². The Bertz CT molecular complexity index is 2580. The Morgan fingerprint density at radius 3 is 2.45 bits per heavy atom. The molecule has 3 fully saturated rings. The number of anilines is 3. The number of ether oxygens (including phenoxy) is 4. The zero-order valence-electron chi connectivity index (χ0n) is 39.5. The lowest BCUT2D eigenvalue weighted by atomic mass is 10.0. The van der Waals surface area contributed by atoms with Crippen LogP contribution in [0.5, 0.6) is 5.75 Å². The number of carbonyl (C=O) groups is 5. The standard InChI is InChI=1S/C50H59ClFN9O9S/c1-2-45(62)56-41-28-36-40(53-32-54-48(36)55-33-7-8-39(52)38(51)27-33)29-43(41)70-20-4-13-58-14-11-34(12-15-58)59-16-18-60(19-17-59)47(64)31-69-24-23-67-21-22-68-25-26-71-44-6-3-5-35-37(44)30-61(50(35)66)42-9-10-46(63)57-49(42)65/h2-3,5-8,27-29,32,34,42H,1,4,9-26,30-31H2,(H,56,62)(H,53,54,55)(H,57,63,65). The number of piperazine rings is 1. The van der Waals surface area contributed by atoms with Crippen LogP contribution in [0.4, 0.5) is 21.6 Å². The molecule has 71 heavy (non-hydrogen) atoms. The normalized spacial score (nSPS) is 17.9. The van der Waals surface area contributed by atoms with Crippen LogP contribution in [-0.4, -0.2) is 169 Å². The van der Waals surface area contributed by atoms with Gasteiger partial charge in [0, 0.05) is 85.1 Å². The van der Waals surface area contributed by atoms with E-state index in [0.717, 1.165) is 62.4 Å². The summed E-state index contributed by atoms with van der Waals surface area (Å²) in [5, 5.41) is 8.92. The Labute approximate surface area is 420 Å². The van der Waals surface area contributed by atoms with Gasteiger partial charge in [-0.25, -0.2) is 14.4 Å². The number of rotatable bonds is 23. The Hall–Kier alpha value is -5.74.